The number of amides is 1. The Morgan fingerprint density at radius 3 is 2.88 bits per heavy atom. The average molecular weight is 393 g/mol. The zero-order valence-corrected chi connectivity index (χ0v) is 16.4. The molecule has 0 aromatic carbocycles. The third kappa shape index (κ3) is 4.50. The predicted molar refractivity (Wildman–Crippen MR) is 101 cm³/mol. The van der Waals surface area contributed by atoms with Crippen LogP contribution in [0.25, 0.3) is 11.6 Å². The molecule has 26 heavy (non-hydrogen) atoms. The average Bonchev–Trinajstić information content (AvgIpc) is 3.32. The molecule has 3 rings (SSSR count). The van der Waals surface area contributed by atoms with Crippen LogP contribution < -0.4 is 5.32 Å². The summed E-state index contributed by atoms with van der Waals surface area (Å²) in [5, 5.41) is 21.4. The van der Waals surface area contributed by atoms with Gasteiger partial charge in [0.05, 0.1) is 12.0 Å². The Bertz CT molecular complexity index is 856. The maximum atomic E-state index is 12.2. The van der Waals surface area contributed by atoms with Gasteiger partial charge in [-0.2, -0.15) is 0 Å². The molecule has 3 aromatic heterocycles. The van der Waals surface area contributed by atoms with E-state index in [0.717, 1.165) is 11.4 Å². The fraction of sp³-hybridized carbons (Fsp3) is 0.438. The maximum Gasteiger partial charge on any atom is 0.236 e. The van der Waals surface area contributed by atoms with Gasteiger partial charge in [0.25, 0.3) is 0 Å². The molecule has 3 heterocycles. The van der Waals surface area contributed by atoms with E-state index >= 15 is 0 Å². The first-order valence-electron chi connectivity index (χ1n) is 8.29. The summed E-state index contributed by atoms with van der Waals surface area (Å²) >= 11 is 2.74. The first-order chi connectivity index (χ1) is 12.6. The highest BCUT2D eigenvalue weighted by molar-refractivity contribution is 7.99. The van der Waals surface area contributed by atoms with Crippen molar-refractivity contribution >= 4 is 34.1 Å². The number of carbonyl (C=O) groups excluding carboxylic acids is 1. The molecule has 8 nitrogen and oxygen atoms in total. The molecule has 0 aliphatic rings. The zero-order valence-electron chi connectivity index (χ0n) is 14.8. The predicted octanol–water partition coefficient (Wildman–Crippen LogP) is 3.34. The van der Waals surface area contributed by atoms with Crippen LogP contribution in [0.15, 0.2) is 28.0 Å². The third-order valence-corrected chi connectivity index (χ3v) is 5.23. The second kappa shape index (κ2) is 8.45. The number of anilines is 1. The fourth-order valence-corrected chi connectivity index (χ4v) is 4.06. The SMILES string of the molecule is CCn1c(SCC(=O)Nc2nnc(CC(C)C)s2)nnc1-c1ccco1. The van der Waals surface area contributed by atoms with Crippen molar-refractivity contribution in [1.82, 2.24) is 25.0 Å². The van der Waals surface area contributed by atoms with Crippen LogP contribution in [0.1, 0.15) is 25.8 Å². The molecule has 0 fully saturated rings. The van der Waals surface area contributed by atoms with Gasteiger partial charge in [-0.1, -0.05) is 36.9 Å². The summed E-state index contributed by atoms with van der Waals surface area (Å²) in [6.45, 7) is 6.92. The molecule has 0 atom stereocenters. The molecular weight excluding hydrogens is 372 g/mol. The summed E-state index contributed by atoms with van der Waals surface area (Å²) in [7, 11) is 0. The highest BCUT2D eigenvalue weighted by Crippen LogP contribution is 2.24. The monoisotopic (exact) mass is 392 g/mol. The number of thioether (sulfide) groups is 1. The van der Waals surface area contributed by atoms with Gasteiger partial charge < -0.3 is 4.42 Å². The Labute approximate surface area is 159 Å². The number of aromatic nitrogens is 5. The van der Waals surface area contributed by atoms with Crippen molar-refractivity contribution in [3.05, 3.63) is 23.4 Å². The molecule has 138 valence electrons. The summed E-state index contributed by atoms with van der Waals surface area (Å²) in [6, 6.07) is 3.64. The maximum absolute atomic E-state index is 12.2. The van der Waals surface area contributed by atoms with Crippen molar-refractivity contribution in [3.8, 4) is 11.6 Å². The second-order valence-electron chi connectivity index (χ2n) is 5.96. The molecule has 1 N–H and O–H groups in total. The Kier molecular flexibility index (Phi) is 6.04. The van der Waals surface area contributed by atoms with Crippen LogP contribution in [0, 0.1) is 5.92 Å². The first-order valence-corrected chi connectivity index (χ1v) is 10.1. The summed E-state index contributed by atoms with van der Waals surface area (Å²) < 4.78 is 7.30. The van der Waals surface area contributed by atoms with Gasteiger partial charge in [-0.05, 0) is 25.0 Å². The summed E-state index contributed by atoms with van der Waals surface area (Å²) in [4.78, 5) is 12.2. The molecule has 0 saturated carbocycles. The second-order valence-corrected chi connectivity index (χ2v) is 7.97. The van der Waals surface area contributed by atoms with E-state index in [1.54, 1.807) is 12.3 Å². The van der Waals surface area contributed by atoms with E-state index in [-0.39, 0.29) is 11.7 Å². The van der Waals surface area contributed by atoms with Crippen LogP contribution in [0.2, 0.25) is 0 Å². The lowest BCUT2D eigenvalue weighted by atomic mass is 10.1. The quantitative estimate of drug-likeness (QED) is 0.587. The molecule has 3 aromatic rings. The van der Waals surface area contributed by atoms with Crippen LogP contribution in [0.3, 0.4) is 0 Å². The lowest BCUT2D eigenvalue weighted by Crippen LogP contribution is -2.14. The van der Waals surface area contributed by atoms with Crippen LogP contribution >= 0.6 is 23.1 Å². The van der Waals surface area contributed by atoms with E-state index in [2.05, 4.69) is 39.6 Å². The van der Waals surface area contributed by atoms with Crippen LogP contribution in [0.5, 0.6) is 0 Å². The topological polar surface area (TPSA) is 98.7 Å². The van der Waals surface area contributed by atoms with E-state index in [1.165, 1.54) is 23.1 Å². The van der Waals surface area contributed by atoms with Gasteiger partial charge in [0.1, 0.15) is 5.01 Å². The fourth-order valence-electron chi connectivity index (χ4n) is 2.29. The van der Waals surface area contributed by atoms with Crippen molar-refractivity contribution < 1.29 is 9.21 Å². The molecule has 0 aliphatic heterocycles. The number of furan rings is 1. The molecular formula is C16H20N6O2S2. The van der Waals surface area contributed by atoms with Crippen LogP contribution in [-0.4, -0.2) is 36.6 Å². The molecule has 10 heteroatoms. The van der Waals surface area contributed by atoms with Gasteiger partial charge in [0.2, 0.25) is 11.0 Å². The minimum atomic E-state index is -0.146. The Morgan fingerprint density at radius 1 is 1.35 bits per heavy atom. The van der Waals surface area contributed by atoms with Crippen LogP contribution in [-0.2, 0) is 17.8 Å². The first kappa shape index (κ1) is 18.6. The smallest absolute Gasteiger partial charge is 0.236 e. The lowest BCUT2D eigenvalue weighted by Gasteiger charge is -2.05. The Hall–Kier alpha value is -2.20. The van der Waals surface area contributed by atoms with Crippen LogP contribution in [0.4, 0.5) is 5.13 Å². The van der Waals surface area contributed by atoms with Gasteiger partial charge in [-0.3, -0.25) is 14.7 Å². The number of nitrogens with one attached hydrogen (secondary N) is 1. The number of rotatable bonds is 8. The standard InChI is InChI=1S/C16H20N6O2S2/c1-4-22-14(11-6-5-7-24-11)19-21-16(22)25-9-12(23)17-15-20-18-13(26-15)8-10(2)3/h5-7,10H,4,8-9H2,1-3H3,(H,17,20,23). The minimum absolute atomic E-state index is 0.146. The summed E-state index contributed by atoms with van der Waals surface area (Å²) in [5.41, 5.74) is 0. The number of hydrogen-bond donors (Lipinski definition) is 1. The lowest BCUT2D eigenvalue weighted by molar-refractivity contribution is -0.113. The molecule has 0 aliphatic carbocycles. The van der Waals surface area contributed by atoms with Gasteiger partial charge in [0.15, 0.2) is 16.7 Å². The zero-order chi connectivity index (χ0) is 18.5. The largest absolute Gasteiger partial charge is 0.461 e. The molecule has 0 spiro atoms. The van der Waals surface area contributed by atoms with Gasteiger partial charge in [0, 0.05) is 13.0 Å². The summed E-state index contributed by atoms with van der Waals surface area (Å²) in [5.74, 6) is 1.89. The number of nitrogens with zero attached hydrogens (tertiary/aromatic N) is 5. The molecule has 1 amide bonds. The highest BCUT2D eigenvalue weighted by atomic mass is 32.2. The molecule has 0 bridgehead atoms. The van der Waals surface area contributed by atoms with E-state index in [9.17, 15) is 4.79 Å². The van der Waals surface area contributed by atoms with Crippen molar-refractivity contribution in [2.45, 2.75) is 38.9 Å². The van der Waals surface area contributed by atoms with E-state index in [4.69, 9.17) is 4.42 Å². The molecule has 0 saturated heterocycles. The van der Waals surface area contributed by atoms with E-state index in [0.29, 0.717) is 34.3 Å². The molecule has 0 radical (unpaired) electrons. The van der Waals surface area contributed by atoms with Gasteiger partial charge in [-0.25, -0.2) is 0 Å². The minimum Gasteiger partial charge on any atom is -0.461 e. The Morgan fingerprint density at radius 2 is 2.19 bits per heavy atom. The summed E-state index contributed by atoms with van der Waals surface area (Å²) in [6.07, 6.45) is 2.46. The van der Waals surface area contributed by atoms with Crippen molar-refractivity contribution in [2.24, 2.45) is 5.92 Å². The van der Waals surface area contributed by atoms with E-state index in [1.807, 2.05) is 17.6 Å². The van der Waals surface area contributed by atoms with Crippen molar-refractivity contribution in [3.63, 3.8) is 0 Å². The van der Waals surface area contributed by atoms with Crippen molar-refractivity contribution in [1.29, 1.82) is 0 Å². The van der Waals surface area contributed by atoms with Crippen molar-refractivity contribution in [2.75, 3.05) is 11.1 Å². The number of hydrogen-bond acceptors (Lipinski definition) is 8. The molecule has 0 unspecified atom stereocenters. The third-order valence-electron chi connectivity index (χ3n) is 3.40. The Balaban J connectivity index is 1.59. The van der Waals surface area contributed by atoms with Gasteiger partial charge >= 0.3 is 0 Å². The van der Waals surface area contributed by atoms with E-state index < -0.39 is 0 Å². The number of carbonyl (C=O) groups is 1. The normalized spacial score (nSPS) is 11.2. The highest BCUT2D eigenvalue weighted by Gasteiger charge is 2.17. The van der Waals surface area contributed by atoms with Gasteiger partial charge in [-0.15, -0.1) is 20.4 Å².